The molecule has 9 heteroatoms. The fraction of sp³-hybridized carbons (Fsp3) is 0.125. The van der Waals surface area contributed by atoms with Crippen LogP contribution in [0.5, 0.6) is 0 Å². The van der Waals surface area contributed by atoms with Gasteiger partial charge in [0.1, 0.15) is 6.33 Å². The highest BCUT2D eigenvalue weighted by molar-refractivity contribution is 5.48. The molecule has 0 spiro atoms. The molecule has 17 heavy (non-hydrogen) atoms. The molecule has 9 nitrogen and oxygen atoms in total. The van der Waals surface area contributed by atoms with Gasteiger partial charge in [-0.15, -0.1) is 20.4 Å². The summed E-state index contributed by atoms with van der Waals surface area (Å²) in [5, 5.41) is 15.9. The molecule has 86 valence electrons. The summed E-state index contributed by atoms with van der Waals surface area (Å²) >= 11 is 0. The third-order valence-corrected chi connectivity index (χ3v) is 2.30. The Balaban J connectivity index is 2.27. The van der Waals surface area contributed by atoms with Crippen molar-refractivity contribution in [2.45, 2.75) is 6.92 Å². The van der Waals surface area contributed by atoms with Crippen LogP contribution in [0.25, 0.3) is 11.5 Å². The predicted molar refractivity (Wildman–Crippen MR) is 59.3 cm³/mol. The fourth-order valence-corrected chi connectivity index (χ4v) is 1.57. The van der Waals surface area contributed by atoms with E-state index < -0.39 is 0 Å². The van der Waals surface area contributed by atoms with Crippen LogP contribution in [0, 0.1) is 6.92 Å². The molecule has 0 fully saturated rings. The highest BCUT2D eigenvalue weighted by Crippen LogP contribution is 2.13. The molecule has 0 amide bonds. The van der Waals surface area contributed by atoms with E-state index in [1.165, 1.54) is 11.0 Å². The third-order valence-electron chi connectivity index (χ3n) is 2.30. The molecule has 0 aliphatic rings. The Labute approximate surface area is 95.1 Å². The van der Waals surface area contributed by atoms with Crippen molar-refractivity contribution in [2.24, 2.45) is 0 Å². The zero-order valence-corrected chi connectivity index (χ0v) is 8.94. The van der Waals surface area contributed by atoms with Gasteiger partial charge in [-0.25, -0.2) is 0 Å². The van der Waals surface area contributed by atoms with E-state index in [0.717, 1.165) is 5.56 Å². The zero-order valence-electron chi connectivity index (χ0n) is 8.94. The van der Waals surface area contributed by atoms with Gasteiger partial charge in [0.05, 0.1) is 0 Å². The van der Waals surface area contributed by atoms with Gasteiger partial charge in [-0.05, 0) is 18.6 Å². The Bertz CT molecular complexity index is 694. The number of rotatable bonds is 1. The zero-order chi connectivity index (χ0) is 12.0. The second kappa shape index (κ2) is 3.14. The molecular formula is C8H9N9. The normalized spacial score (nSPS) is 11.1. The van der Waals surface area contributed by atoms with Crippen molar-refractivity contribution in [3.8, 4) is 5.82 Å². The third kappa shape index (κ3) is 1.36. The van der Waals surface area contributed by atoms with Crippen LogP contribution in [-0.2, 0) is 0 Å². The molecule has 3 aromatic rings. The van der Waals surface area contributed by atoms with Crippen molar-refractivity contribution in [1.29, 1.82) is 0 Å². The quantitative estimate of drug-likeness (QED) is 0.560. The molecule has 3 rings (SSSR count). The van der Waals surface area contributed by atoms with Crippen molar-refractivity contribution in [3.63, 3.8) is 0 Å². The van der Waals surface area contributed by atoms with Gasteiger partial charge in [-0.2, -0.15) is 14.2 Å². The Hall–Kier alpha value is -2.71. The Kier molecular flexibility index (Phi) is 1.76. The minimum atomic E-state index is 0.103. The summed E-state index contributed by atoms with van der Waals surface area (Å²) in [7, 11) is 0. The smallest absolute Gasteiger partial charge is 0.241 e. The maximum Gasteiger partial charge on any atom is 0.241 e. The lowest BCUT2D eigenvalue weighted by molar-refractivity contribution is 0.797. The molecule has 0 aromatic carbocycles. The number of nitrogens with two attached hydrogens (primary N) is 2. The lowest BCUT2D eigenvalue weighted by atomic mass is 10.3. The summed E-state index contributed by atoms with van der Waals surface area (Å²) in [6.45, 7) is 1.89. The molecule has 3 heterocycles. The summed E-state index contributed by atoms with van der Waals surface area (Å²) in [6, 6.07) is 1.79. The number of nitrogens with zero attached hydrogens (tertiary/aromatic N) is 7. The average Bonchev–Trinajstić information content (AvgIpc) is 2.84. The molecule has 0 bridgehead atoms. The molecule has 0 radical (unpaired) electrons. The second-order valence-corrected chi connectivity index (χ2v) is 3.52. The molecule has 4 N–H and O–H groups in total. The van der Waals surface area contributed by atoms with Crippen LogP contribution in [-0.4, -0.2) is 34.6 Å². The number of fused-ring (bicyclic) bond motifs is 1. The number of aromatic nitrogens is 7. The van der Waals surface area contributed by atoms with Crippen LogP contribution >= 0.6 is 0 Å². The second-order valence-electron chi connectivity index (χ2n) is 3.52. The van der Waals surface area contributed by atoms with Gasteiger partial charge in [0.2, 0.25) is 11.9 Å². The topological polar surface area (TPSA) is 126 Å². The van der Waals surface area contributed by atoms with E-state index in [-0.39, 0.29) is 11.9 Å². The standard InChI is InChI=1S/C8H9N9/c1-4-2-5(14-16-3-11-13-6(4)16)17-8(10)12-7(9)15-17/h2-3H,1H3,(H4,9,10,12,15). The van der Waals surface area contributed by atoms with Crippen molar-refractivity contribution in [3.05, 3.63) is 18.0 Å². The molecule has 0 atom stereocenters. The van der Waals surface area contributed by atoms with Crippen molar-refractivity contribution < 1.29 is 0 Å². The molecule has 0 saturated carbocycles. The van der Waals surface area contributed by atoms with Gasteiger partial charge in [-0.1, -0.05) is 0 Å². The first-order valence-electron chi connectivity index (χ1n) is 4.81. The van der Waals surface area contributed by atoms with E-state index in [4.69, 9.17) is 11.5 Å². The van der Waals surface area contributed by atoms with Crippen LogP contribution in [0.2, 0.25) is 0 Å². The molecule has 3 aromatic heterocycles. The summed E-state index contributed by atoms with van der Waals surface area (Å²) in [4.78, 5) is 3.81. The minimum absolute atomic E-state index is 0.103. The van der Waals surface area contributed by atoms with E-state index in [1.807, 2.05) is 6.92 Å². The van der Waals surface area contributed by atoms with Crippen LogP contribution in [0.15, 0.2) is 12.4 Å². The summed E-state index contributed by atoms with van der Waals surface area (Å²) in [6.07, 6.45) is 1.50. The van der Waals surface area contributed by atoms with Gasteiger partial charge in [0.15, 0.2) is 11.5 Å². The molecule has 0 saturated heterocycles. The van der Waals surface area contributed by atoms with Gasteiger partial charge in [0, 0.05) is 0 Å². The number of anilines is 2. The first-order chi connectivity index (χ1) is 8.15. The maximum atomic E-state index is 5.67. The summed E-state index contributed by atoms with van der Waals surface area (Å²) in [5.41, 5.74) is 12.7. The van der Waals surface area contributed by atoms with Gasteiger partial charge >= 0.3 is 0 Å². The molecule has 0 unspecified atom stereocenters. The largest absolute Gasteiger partial charge is 0.368 e. The van der Waals surface area contributed by atoms with E-state index in [1.54, 1.807) is 10.6 Å². The SMILES string of the molecule is Cc1cc(-n2nc(N)nc2N)nn2cnnc12. The number of aryl methyl sites for hydroxylation is 1. The van der Waals surface area contributed by atoms with Crippen molar-refractivity contribution >= 4 is 17.5 Å². The Morgan fingerprint density at radius 1 is 1.24 bits per heavy atom. The average molecular weight is 231 g/mol. The fourth-order valence-electron chi connectivity index (χ4n) is 1.57. The number of hydrogen-bond donors (Lipinski definition) is 2. The van der Waals surface area contributed by atoms with Gasteiger partial charge < -0.3 is 11.5 Å². The first kappa shape index (κ1) is 9.51. The van der Waals surface area contributed by atoms with Gasteiger partial charge in [0.25, 0.3) is 0 Å². The van der Waals surface area contributed by atoms with Crippen LogP contribution < -0.4 is 11.5 Å². The highest BCUT2D eigenvalue weighted by Gasteiger charge is 2.11. The number of hydrogen-bond acceptors (Lipinski definition) is 7. The lowest BCUT2D eigenvalue weighted by Gasteiger charge is -2.03. The monoisotopic (exact) mass is 231 g/mol. The molecule has 0 aliphatic carbocycles. The number of nitrogen functional groups attached to an aromatic ring is 2. The molecular weight excluding hydrogens is 222 g/mol. The highest BCUT2D eigenvalue weighted by atomic mass is 15.5. The van der Waals surface area contributed by atoms with E-state index in [0.29, 0.717) is 11.5 Å². The molecule has 0 aliphatic heterocycles. The van der Waals surface area contributed by atoms with E-state index in [9.17, 15) is 0 Å². The van der Waals surface area contributed by atoms with Crippen molar-refractivity contribution in [1.82, 2.24) is 34.6 Å². The van der Waals surface area contributed by atoms with Crippen LogP contribution in [0.1, 0.15) is 5.56 Å². The Morgan fingerprint density at radius 3 is 2.76 bits per heavy atom. The first-order valence-corrected chi connectivity index (χ1v) is 4.81. The van der Waals surface area contributed by atoms with Crippen LogP contribution in [0.3, 0.4) is 0 Å². The summed E-state index contributed by atoms with van der Waals surface area (Å²) in [5.74, 6) is 0.795. The van der Waals surface area contributed by atoms with Crippen LogP contribution in [0.4, 0.5) is 11.9 Å². The predicted octanol–water partition coefficient (Wildman–Crippen LogP) is -0.822. The minimum Gasteiger partial charge on any atom is -0.368 e. The van der Waals surface area contributed by atoms with Crippen molar-refractivity contribution in [2.75, 3.05) is 11.5 Å². The summed E-state index contributed by atoms with van der Waals surface area (Å²) < 4.78 is 2.91. The van der Waals surface area contributed by atoms with Gasteiger partial charge in [-0.3, -0.25) is 0 Å². The lowest BCUT2D eigenvalue weighted by Crippen LogP contribution is -2.08. The van der Waals surface area contributed by atoms with E-state index >= 15 is 0 Å². The maximum absolute atomic E-state index is 5.67. The Morgan fingerprint density at radius 2 is 2.06 bits per heavy atom. The van der Waals surface area contributed by atoms with E-state index in [2.05, 4.69) is 25.4 Å².